The van der Waals surface area contributed by atoms with Gasteiger partial charge in [-0.25, -0.2) is 0 Å². The summed E-state index contributed by atoms with van der Waals surface area (Å²) in [5, 5.41) is 2.26. The Morgan fingerprint density at radius 2 is 1.86 bits per heavy atom. The number of hydrogen-bond donors (Lipinski definition) is 2. The van der Waals surface area contributed by atoms with E-state index in [2.05, 4.69) is 10.4 Å². The predicted molar refractivity (Wildman–Crippen MR) is 64.0 cm³/mol. The first-order chi connectivity index (χ1) is 5.90. The van der Waals surface area contributed by atoms with Crippen LogP contribution < -0.4 is 11.3 Å². The topological polar surface area (TPSA) is 50.9 Å². The van der Waals surface area contributed by atoms with E-state index in [0.29, 0.717) is 0 Å². The number of nitrogens with two attached hydrogens (primary N) is 1. The summed E-state index contributed by atoms with van der Waals surface area (Å²) in [7, 11) is 0. The van der Waals surface area contributed by atoms with Crippen molar-refractivity contribution in [2.75, 3.05) is 5.43 Å². The molecule has 1 heterocycles. The fourth-order valence-corrected chi connectivity index (χ4v) is 1.17. The lowest BCUT2D eigenvalue weighted by atomic mass is 10.1. The highest BCUT2D eigenvalue weighted by molar-refractivity contribution is 5.86. The SMILES string of the molecule is Cl.Cl.NNc1ccc2cnccc2c1. The normalized spacial score (nSPS) is 8.64. The molecule has 0 bridgehead atoms. The van der Waals surface area contributed by atoms with Crippen molar-refractivity contribution in [1.82, 2.24) is 4.98 Å². The minimum absolute atomic E-state index is 0. The van der Waals surface area contributed by atoms with Gasteiger partial charge in [-0.3, -0.25) is 10.8 Å². The van der Waals surface area contributed by atoms with Crippen LogP contribution in [-0.4, -0.2) is 4.98 Å². The summed E-state index contributed by atoms with van der Waals surface area (Å²) in [6.45, 7) is 0. The highest BCUT2D eigenvalue weighted by Gasteiger charge is 1.92. The molecule has 0 spiro atoms. The summed E-state index contributed by atoms with van der Waals surface area (Å²) in [5.41, 5.74) is 3.51. The van der Waals surface area contributed by atoms with Gasteiger partial charge in [-0.1, -0.05) is 6.07 Å². The molecule has 14 heavy (non-hydrogen) atoms. The molecule has 76 valence electrons. The van der Waals surface area contributed by atoms with E-state index in [1.807, 2.05) is 30.5 Å². The van der Waals surface area contributed by atoms with Crippen LogP contribution in [0.15, 0.2) is 36.7 Å². The van der Waals surface area contributed by atoms with Crippen LogP contribution in [0.4, 0.5) is 5.69 Å². The molecule has 3 N–H and O–H groups in total. The van der Waals surface area contributed by atoms with E-state index in [1.165, 1.54) is 0 Å². The zero-order valence-corrected chi connectivity index (χ0v) is 8.94. The van der Waals surface area contributed by atoms with Crippen LogP contribution >= 0.6 is 24.8 Å². The van der Waals surface area contributed by atoms with Gasteiger partial charge in [-0.2, -0.15) is 0 Å². The smallest absolute Gasteiger partial charge is 0.0491 e. The van der Waals surface area contributed by atoms with E-state index in [0.717, 1.165) is 16.5 Å². The van der Waals surface area contributed by atoms with Crippen LogP contribution in [0.1, 0.15) is 0 Å². The van der Waals surface area contributed by atoms with Crippen LogP contribution in [0.2, 0.25) is 0 Å². The summed E-state index contributed by atoms with van der Waals surface area (Å²) in [6.07, 6.45) is 3.60. The second kappa shape index (κ2) is 5.65. The van der Waals surface area contributed by atoms with Gasteiger partial charge in [0.2, 0.25) is 0 Å². The van der Waals surface area contributed by atoms with E-state index in [9.17, 15) is 0 Å². The molecule has 0 aliphatic rings. The molecule has 0 saturated carbocycles. The van der Waals surface area contributed by atoms with Gasteiger partial charge in [0.05, 0.1) is 0 Å². The summed E-state index contributed by atoms with van der Waals surface area (Å²) in [6, 6.07) is 7.84. The van der Waals surface area contributed by atoms with E-state index in [-0.39, 0.29) is 24.8 Å². The second-order valence-corrected chi connectivity index (χ2v) is 2.58. The molecule has 1 aromatic carbocycles. The summed E-state index contributed by atoms with van der Waals surface area (Å²) in [5.74, 6) is 5.28. The number of nitrogens with zero attached hydrogens (tertiary/aromatic N) is 1. The molecule has 0 aliphatic heterocycles. The number of benzene rings is 1. The number of fused-ring (bicyclic) bond motifs is 1. The molecule has 1 aromatic heterocycles. The number of hydrazine groups is 1. The number of nitrogens with one attached hydrogen (secondary N) is 1. The standard InChI is InChI=1S/C9H9N3.2ClH/c10-12-9-2-1-8-6-11-4-3-7(8)5-9;;/h1-6,12H,10H2;2*1H. The third-order valence-electron chi connectivity index (χ3n) is 1.81. The molecule has 0 atom stereocenters. The number of rotatable bonds is 1. The van der Waals surface area contributed by atoms with E-state index < -0.39 is 0 Å². The Morgan fingerprint density at radius 3 is 2.57 bits per heavy atom. The predicted octanol–water partition coefficient (Wildman–Crippen LogP) is 2.36. The molecule has 0 fully saturated rings. The van der Waals surface area contributed by atoms with E-state index in [4.69, 9.17) is 5.84 Å². The molecule has 2 aromatic rings. The highest BCUT2D eigenvalue weighted by atomic mass is 35.5. The van der Waals surface area contributed by atoms with Gasteiger partial charge in [0.15, 0.2) is 0 Å². The fourth-order valence-electron chi connectivity index (χ4n) is 1.17. The van der Waals surface area contributed by atoms with Gasteiger partial charge in [-0.15, -0.1) is 24.8 Å². The monoisotopic (exact) mass is 231 g/mol. The first-order valence-electron chi connectivity index (χ1n) is 3.70. The molecule has 0 amide bonds. The Bertz CT molecular complexity index is 406. The van der Waals surface area contributed by atoms with Crippen LogP contribution in [-0.2, 0) is 0 Å². The van der Waals surface area contributed by atoms with Crippen LogP contribution in [0.25, 0.3) is 10.8 Å². The molecular formula is C9H11Cl2N3. The van der Waals surface area contributed by atoms with Crippen molar-refractivity contribution < 1.29 is 0 Å². The maximum absolute atomic E-state index is 5.28. The van der Waals surface area contributed by atoms with E-state index >= 15 is 0 Å². The molecule has 5 heteroatoms. The molecule has 2 rings (SSSR count). The summed E-state index contributed by atoms with van der Waals surface area (Å²) in [4.78, 5) is 4.02. The average Bonchev–Trinajstić information content (AvgIpc) is 2.17. The lowest BCUT2D eigenvalue weighted by molar-refractivity contribution is 1.34. The van der Waals surface area contributed by atoms with Gasteiger partial charge in [0.25, 0.3) is 0 Å². The number of pyridine rings is 1. The zero-order chi connectivity index (χ0) is 8.39. The van der Waals surface area contributed by atoms with Gasteiger partial charge in [0, 0.05) is 23.5 Å². The molecule has 3 nitrogen and oxygen atoms in total. The number of anilines is 1. The van der Waals surface area contributed by atoms with Crippen molar-refractivity contribution >= 4 is 41.3 Å². The number of nitrogen functional groups attached to an aromatic ring is 1. The third kappa shape index (κ3) is 2.48. The second-order valence-electron chi connectivity index (χ2n) is 2.58. The first-order valence-corrected chi connectivity index (χ1v) is 3.70. The molecule has 0 radical (unpaired) electrons. The Hall–Kier alpha value is -1.03. The molecule has 0 unspecified atom stereocenters. The molecule has 0 saturated heterocycles. The Morgan fingerprint density at radius 1 is 1.07 bits per heavy atom. The lowest BCUT2D eigenvalue weighted by Gasteiger charge is -2.00. The van der Waals surface area contributed by atoms with E-state index in [1.54, 1.807) is 6.20 Å². The summed E-state index contributed by atoms with van der Waals surface area (Å²) < 4.78 is 0. The lowest BCUT2D eigenvalue weighted by Crippen LogP contribution is -2.06. The Labute approximate surface area is 94.5 Å². The fraction of sp³-hybridized carbons (Fsp3) is 0. The number of halogens is 2. The van der Waals surface area contributed by atoms with Crippen molar-refractivity contribution in [2.45, 2.75) is 0 Å². The highest BCUT2D eigenvalue weighted by Crippen LogP contribution is 2.16. The van der Waals surface area contributed by atoms with Crippen molar-refractivity contribution in [1.29, 1.82) is 0 Å². The quantitative estimate of drug-likeness (QED) is 0.586. The average molecular weight is 232 g/mol. The maximum Gasteiger partial charge on any atom is 0.0491 e. The van der Waals surface area contributed by atoms with Gasteiger partial charge in [0.1, 0.15) is 0 Å². The van der Waals surface area contributed by atoms with Crippen LogP contribution in [0.5, 0.6) is 0 Å². The first kappa shape index (κ1) is 13.0. The van der Waals surface area contributed by atoms with Crippen LogP contribution in [0.3, 0.4) is 0 Å². The van der Waals surface area contributed by atoms with Crippen molar-refractivity contribution in [3.8, 4) is 0 Å². The largest absolute Gasteiger partial charge is 0.324 e. The Balaban J connectivity index is 0.000000845. The number of hydrogen-bond acceptors (Lipinski definition) is 3. The van der Waals surface area contributed by atoms with Crippen molar-refractivity contribution in [2.24, 2.45) is 5.84 Å². The third-order valence-corrected chi connectivity index (χ3v) is 1.81. The minimum atomic E-state index is 0. The van der Waals surface area contributed by atoms with Crippen LogP contribution in [0, 0.1) is 0 Å². The molecular weight excluding hydrogens is 221 g/mol. The molecule has 0 aliphatic carbocycles. The minimum Gasteiger partial charge on any atom is -0.324 e. The van der Waals surface area contributed by atoms with Gasteiger partial charge >= 0.3 is 0 Å². The Kier molecular flexibility index (Phi) is 5.23. The summed E-state index contributed by atoms with van der Waals surface area (Å²) >= 11 is 0. The van der Waals surface area contributed by atoms with Gasteiger partial charge in [-0.05, 0) is 23.6 Å². The van der Waals surface area contributed by atoms with Crippen molar-refractivity contribution in [3.63, 3.8) is 0 Å². The van der Waals surface area contributed by atoms with Crippen molar-refractivity contribution in [3.05, 3.63) is 36.7 Å². The maximum atomic E-state index is 5.28. The number of aromatic nitrogens is 1. The zero-order valence-electron chi connectivity index (χ0n) is 7.31. The van der Waals surface area contributed by atoms with Gasteiger partial charge < -0.3 is 5.43 Å².